The maximum absolute atomic E-state index is 14.4. The fourth-order valence-electron chi connectivity index (χ4n) is 3.08. The average molecular weight is 428 g/mol. The molecule has 0 spiro atoms. The molecule has 4 rings (SSSR count). The van der Waals surface area contributed by atoms with Gasteiger partial charge >= 0.3 is 0 Å². The van der Waals surface area contributed by atoms with Gasteiger partial charge in [0, 0.05) is 33.9 Å². The van der Waals surface area contributed by atoms with Crippen LogP contribution in [0.4, 0.5) is 4.39 Å². The Bertz CT molecular complexity index is 1280. The highest BCUT2D eigenvalue weighted by Gasteiger charge is 2.24. The summed E-state index contributed by atoms with van der Waals surface area (Å²) in [6, 6.07) is 11.0. The Morgan fingerprint density at radius 2 is 1.72 bits per heavy atom. The number of amides is 1. The van der Waals surface area contributed by atoms with Gasteiger partial charge in [0.1, 0.15) is 11.5 Å². The van der Waals surface area contributed by atoms with Crippen molar-refractivity contribution in [1.29, 1.82) is 0 Å². The van der Waals surface area contributed by atoms with Gasteiger partial charge in [-0.3, -0.25) is 9.59 Å². The van der Waals surface area contributed by atoms with Crippen LogP contribution in [0.3, 0.4) is 0 Å². The number of rotatable bonds is 4. The van der Waals surface area contributed by atoms with Gasteiger partial charge in [-0.1, -0.05) is 35.3 Å². The van der Waals surface area contributed by atoms with Gasteiger partial charge in [-0.25, -0.2) is 9.37 Å². The Balaban J connectivity index is 1.86. The second-order valence-electron chi connectivity index (χ2n) is 6.31. The summed E-state index contributed by atoms with van der Waals surface area (Å²) in [7, 11) is 0. The minimum Gasteiger partial charge on any atom is -0.366 e. The molecular formula is C21H12Cl2FN3O2. The van der Waals surface area contributed by atoms with Crippen molar-refractivity contribution in [2.45, 2.75) is 0 Å². The average Bonchev–Trinajstić information content (AvgIpc) is 3.11. The molecule has 144 valence electrons. The molecule has 2 aromatic carbocycles. The second-order valence-corrected chi connectivity index (χ2v) is 7.12. The van der Waals surface area contributed by atoms with E-state index in [1.807, 2.05) is 12.1 Å². The highest BCUT2D eigenvalue weighted by atomic mass is 35.5. The molecule has 1 amide bonds. The van der Waals surface area contributed by atoms with E-state index in [1.165, 1.54) is 6.20 Å². The number of nitrogens with zero attached hydrogens (tertiary/aromatic N) is 1. The SMILES string of the molecule is NC(=O)c1ccc(F)c(C(=O)c2c[nH]c3ncc(-c4ccc(Cl)cc4)cc23)c1Cl. The van der Waals surface area contributed by atoms with Gasteiger partial charge in [-0.15, -0.1) is 0 Å². The summed E-state index contributed by atoms with van der Waals surface area (Å²) in [5, 5.41) is 0.765. The first-order valence-corrected chi connectivity index (χ1v) is 9.18. The van der Waals surface area contributed by atoms with Crippen molar-refractivity contribution in [3.8, 4) is 11.1 Å². The first-order valence-electron chi connectivity index (χ1n) is 8.42. The van der Waals surface area contributed by atoms with Crippen LogP contribution in [-0.4, -0.2) is 21.7 Å². The Labute approximate surface area is 174 Å². The minimum absolute atomic E-state index is 0.128. The molecule has 0 aliphatic heterocycles. The molecule has 3 N–H and O–H groups in total. The lowest BCUT2D eigenvalue weighted by molar-refractivity contribution is 0.100. The predicted octanol–water partition coefficient (Wildman–Crippen LogP) is 5.01. The van der Waals surface area contributed by atoms with Crippen LogP contribution >= 0.6 is 23.2 Å². The molecule has 0 bridgehead atoms. The van der Waals surface area contributed by atoms with Gasteiger partial charge in [0.15, 0.2) is 5.78 Å². The molecule has 0 saturated heterocycles. The van der Waals surface area contributed by atoms with Gasteiger partial charge < -0.3 is 10.7 Å². The number of aromatic amines is 1. The summed E-state index contributed by atoms with van der Waals surface area (Å²) >= 11 is 12.0. The van der Waals surface area contributed by atoms with E-state index in [1.54, 1.807) is 24.4 Å². The van der Waals surface area contributed by atoms with E-state index in [9.17, 15) is 14.0 Å². The number of halogens is 3. The number of hydrogen-bond donors (Lipinski definition) is 2. The molecule has 0 radical (unpaired) electrons. The van der Waals surface area contributed by atoms with E-state index in [4.69, 9.17) is 28.9 Å². The summed E-state index contributed by atoms with van der Waals surface area (Å²) in [6.45, 7) is 0. The maximum Gasteiger partial charge on any atom is 0.250 e. The van der Waals surface area contributed by atoms with Crippen LogP contribution in [0.2, 0.25) is 10.0 Å². The number of carbonyl (C=O) groups is 2. The van der Waals surface area contributed by atoms with E-state index in [2.05, 4.69) is 9.97 Å². The summed E-state index contributed by atoms with van der Waals surface area (Å²) in [6.07, 6.45) is 3.08. The third kappa shape index (κ3) is 3.37. The van der Waals surface area contributed by atoms with Crippen molar-refractivity contribution < 1.29 is 14.0 Å². The van der Waals surface area contributed by atoms with Crippen LogP contribution in [0.1, 0.15) is 26.3 Å². The minimum atomic E-state index is -0.852. The molecule has 0 atom stereocenters. The molecular weight excluding hydrogens is 416 g/mol. The van der Waals surface area contributed by atoms with Gasteiger partial charge in [0.25, 0.3) is 0 Å². The number of carbonyl (C=O) groups excluding carboxylic acids is 2. The number of aromatic nitrogens is 2. The standard InChI is InChI=1S/C21H12Cl2FN3O2/c22-12-3-1-10(2-4-12)11-7-14-15(9-27-21(14)26-8-11)19(28)17-16(24)6-5-13(18(17)23)20(25)29/h1-9H,(H2,25,29)(H,26,27). The number of primary amides is 1. The largest absolute Gasteiger partial charge is 0.366 e. The third-order valence-electron chi connectivity index (χ3n) is 4.54. The van der Waals surface area contributed by atoms with Gasteiger partial charge in [0.05, 0.1) is 16.1 Å². The summed E-state index contributed by atoms with van der Waals surface area (Å²) in [5.41, 5.74) is 6.94. The molecule has 4 aromatic rings. The van der Waals surface area contributed by atoms with Gasteiger partial charge in [0.2, 0.25) is 5.91 Å². The molecule has 0 aliphatic rings. The smallest absolute Gasteiger partial charge is 0.250 e. The quantitative estimate of drug-likeness (QED) is 0.448. The number of ketones is 1. The van der Waals surface area contributed by atoms with Crippen molar-refractivity contribution in [3.63, 3.8) is 0 Å². The van der Waals surface area contributed by atoms with Crippen LogP contribution in [-0.2, 0) is 0 Å². The topological polar surface area (TPSA) is 88.8 Å². The number of benzene rings is 2. The number of nitrogens with two attached hydrogens (primary N) is 1. The van der Waals surface area contributed by atoms with E-state index >= 15 is 0 Å². The second kappa shape index (κ2) is 7.31. The zero-order valence-corrected chi connectivity index (χ0v) is 16.2. The summed E-state index contributed by atoms with van der Waals surface area (Å²) in [4.78, 5) is 31.8. The number of fused-ring (bicyclic) bond motifs is 1. The maximum atomic E-state index is 14.4. The Hall–Kier alpha value is -3.22. The molecule has 2 heterocycles. The Morgan fingerprint density at radius 1 is 1.00 bits per heavy atom. The number of nitrogens with one attached hydrogen (secondary N) is 1. The van der Waals surface area contributed by atoms with Crippen LogP contribution in [0.5, 0.6) is 0 Å². The molecule has 0 unspecified atom stereocenters. The zero-order valence-electron chi connectivity index (χ0n) is 14.7. The molecule has 0 fully saturated rings. The normalized spacial score (nSPS) is 11.0. The fourth-order valence-corrected chi connectivity index (χ4v) is 3.54. The van der Waals surface area contributed by atoms with Crippen molar-refractivity contribution in [2.75, 3.05) is 0 Å². The first-order chi connectivity index (χ1) is 13.9. The third-order valence-corrected chi connectivity index (χ3v) is 5.18. The first kappa shape index (κ1) is 19.1. The van der Waals surface area contributed by atoms with Gasteiger partial charge in [-0.05, 0) is 35.9 Å². The number of pyridine rings is 1. The number of hydrogen-bond acceptors (Lipinski definition) is 3. The van der Waals surface area contributed by atoms with Crippen molar-refractivity contribution in [2.24, 2.45) is 5.73 Å². The predicted molar refractivity (Wildman–Crippen MR) is 110 cm³/mol. The lowest BCUT2D eigenvalue weighted by Crippen LogP contribution is -2.15. The molecule has 2 aromatic heterocycles. The van der Waals surface area contributed by atoms with Gasteiger partial charge in [-0.2, -0.15) is 0 Å². The van der Waals surface area contributed by atoms with E-state index in [-0.39, 0.29) is 16.1 Å². The van der Waals surface area contributed by atoms with Crippen LogP contribution in [0, 0.1) is 5.82 Å². The van der Waals surface area contributed by atoms with E-state index < -0.39 is 23.1 Å². The summed E-state index contributed by atoms with van der Waals surface area (Å²) in [5.74, 6) is -2.38. The Kier molecular flexibility index (Phi) is 4.82. The van der Waals surface area contributed by atoms with Crippen LogP contribution < -0.4 is 5.73 Å². The molecule has 0 aliphatic carbocycles. The Morgan fingerprint density at radius 3 is 2.41 bits per heavy atom. The van der Waals surface area contributed by atoms with Crippen LogP contribution in [0.15, 0.2) is 54.9 Å². The fraction of sp³-hybridized carbons (Fsp3) is 0. The molecule has 5 nitrogen and oxygen atoms in total. The van der Waals surface area contributed by atoms with Crippen molar-refractivity contribution >= 4 is 45.9 Å². The van der Waals surface area contributed by atoms with Crippen molar-refractivity contribution in [3.05, 3.63) is 87.4 Å². The summed E-state index contributed by atoms with van der Waals surface area (Å²) < 4.78 is 14.4. The monoisotopic (exact) mass is 427 g/mol. The molecule has 29 heavy (non-hydrogen) atoms. The highest BCUT2D eigenvalue weighted by Crippen LogP contribution is 2.30. The molecule has 0 saturated carbocycles. The number of H-pyrrole nitrogens is 1. The van der Waals surface area contributed by atoms with E-state index in [0.29, 0.717) is 16.1 Å². The molecule has 8 heteroatoms. The highest BCUT2D eigenvalue weighted by molar-refractivity contribution is 6.38. The van der Waals surface area contributed by atoms with Crippen molar-refractivity contribution in [1.82, 2.24) is 9.97 Å². The lowest BCUT2D eigenvalue weighted by Gasteiger charge is -2.08. The zero-order chi connectivity index (χ0) is 20.7. The van der Waals surface area contributed by atoms with E-state index in [0.717, 1.165) is 23.3 Å². The lowest BCUT2D eigenvalue weighted by atomic mass is 9.99. The van der Waals surface area contributed by atoms with Crippen LogP contribution in [0.25, 0.3) is 22.2 Å².